The molecule has 1 aromatic carbocycles. The van der Waals surface area contributed by atoms with Gasteiger partial charge in [0.25, 0.3) is 5.92 Å². The van der Waals surface area contributed by atoms with Crippen LogP contribution in [0.2, 0.25) is 5.02 Å². The Morgan fingerprint density at radius 2 is 2.03 bits per heavy atom. The van der Waals surface area contributed by atoms with Gasteiger partial charge in [0.05, 0.1) is 30.3 Å². The standard InChI is InChI=1S/C18H21ClF2N6O2/c19-14-6-7-16(24-11-18(20,21)13-4-2-1-3-5-13)27-15(14)10-17(28)23-8-9-29-26-12-25-22/h1-7,12H,8-11,22H2,(H,23,28)(H,24,27)(H,25,26). The van der Waals surface area contributed by atoms with Crippen LogP contribution in [0, 0.1) is 0 Å². The Balaban J connectivity index is 1.88. The van der Waals surface area contributed by atoms with Crippen LogP contribution in [0.5, 0.6) is 0 Å². The molecule has 2 aromatic rings. The van der Waals surface area contributed by atoms with E-state index in [9.17, 15) is 13.6 Å². The quantitative estimate of drug-likeness (QED) is 0.144. The van der Waals surface area contributed by atoms with Crippen molar-refractivity contribution < 1.29 is 18.4 Å². The zero-order valence-electron chi connectivity index (χ0n) is 15.4. The van der Waals surface area contributed by atoms with Gasteiger partial charge in [-0.2, -0.15) is 13.9 Å². The molecule has 11 heteroatoms. The van der Waals surface area contributed by atoms with E-state index in [4.69, 9.17) is 22.3 Å². The molecule has 0 radical (unpaired) electrons. The number of carbonyl (C=O) groups excluding carboxylic acids is 1. The summed E-state index contributed by atoms with van der Waals surface area (Å²) in [6, 6.07) is 10.5. The number of nitrogens with two attached hydrogens (primary N) is 1. The molecule has 0 fully saturated rings. The van der Waals surface area contributed by atoms with E-state index >= 15 is 0 Å². The van der Waals surface area contributed by atoms with Gasteiger partial charge < -0.3 is 16.5 Å². The number of amides is 1. The monoisotopic (exact) mass is 426 g/mol. The molecule has 5 N–H and O–H groups in total. The molecule has 0 aliphatic rings. The highest BCUT2D eigenvalue weighted by molar-refractivity contribution is 6.31. The topological polar surface area (TPSA) is 114 Å². The van der Waals surface area contributed by atoms with Crippen LogP contribution in [0.4, 0.5) is 14.6 Å². The zero-order chi connectivity index (χ0) is 21.1. The van der Waals surface area contributed by atoms with Crippen LogP contribution in [0.25, 0.3) is 0 Å². The normalized spacial score (nSPS) is 11.4. The number of aromatic nitrogens is 1. The minimum atomic E-state index is -3.08. The van der Waals surface area contributed by atoms with Crippen LogP contribution < -0.4 is 22.0 Å². The van der Waals surface area contributed by atoms with Crippen molar-refractivity contribution in [2.75, 3.05) is 25.0 Å². The van der Waals surface area contributed by atoms with Crippen molar-refractivity contribution in [2.24, 2.45) is 10.9 Å². The maximum absolute atomic E-state index is 14.3. The largest absolute Gasteiger partial charge is 0.364 e. The number of carbonyl (C=O) groups is 1. The predicted octanol–water partition coefficient (Wildman–Crippen LogP) is 2.02. The first-order valence-corrected chi connectivity index (χ1v) is 8.98. The highest BCUT2D eigenvalue weighted by Gasteiger charge is 2.31. The fourth-order valence-electron chi connectivity index (χ4n) is 2.28. The number of hydroxylamine groups is 1. The number of anilines is 1. The molecule has 0 saturated carbocycles. The van der Waals surface area contributed by atoms with E-state index in [1.54, 1.807) is 18.2 Å². The van der Waals surface area contributed by atoms with Crippen LogP contribution in [-0.4, -0.2) is 36.9 Å². The van der Waals surface area contributed by atoms with Gasteiger partial charge in [0.2, 0.25) is 5.91 Å². The number of hydrogen-bond acceptors (Lipinski definition) is 6. The van der Waals surface area contributed by atoms with E-state index in [1.807, 2.05) is 0 Å². The molecule has 0 saturated heterocycles. The highest BCUT2D eigenvalue weighted by Crippen LogP contribution is 2.28. The van der Waals surface area contributed by atoms with Crippen LogP contribution in [-0.2, 0) is 22.0 Å². The molecule has 1 amide bonds. The van der Waals surface area contributed by atoms with Gasteiger partial charge in [-0.15, -0.1) is 0 Å². The minimum Gasteiger partial charge on any atom is -0.364 e. The third kappa shape index (κ3) is 7.51. The molecule has 8 nitrogen and oxygen atoms in total. The van der Waals surface area contributed by atoms with Crippen LogP contribution in [0.3, 0.4) is 0 Å². The van der Waals surface area contributed by atoms with Crippen molar-refractivity contribution >= 4 is 29.7 Å². The third-order valence-corrected chi connectivity index (χ3v) is 4.02. The average Bonchev–Trinajstić information content (AvgIpc) is 2.72. The lowest BCUT2D eigenvalue weighted by atomic mass is 10.1. The average molecular weight is 427 g/mol. The number of nitrogens with one attached hydrogen (secondary N) is 3. The molecule has 0 aliphatic heterocycles. The van der Waals surface area contributed by atoms with Crippen molar-refractivity contribution in [3.05, 3.63) is 58.7 Å². The highest BCUT2D eigenvalue weighted by atomic mass is 35.5. The van der Waals surface area contributed by atoms with Gasteiger partial charge in [-0.1, -0.05) is 41.9 Å². The summed E-state index contributed by atoms with van der Waals surface area (Å²) in [6.45, 7) is -0.244. The molecule has 156 valence electrons. The predicted molar refractivity (Wildman–Crippen MR) is 107 cm³/mol. The smallest absolute Gasteiger partial charge is 0.290 e. The number of hydrazone groups is 1. The minimum absolute atomic E-state index is 0.101. The van der Waals surface area contributed by atoms with Gasteiger partial charge >= 0.3 is 0 Å². The third-order valence-electron chi connectivity index (χ3n) is 3.67. The van der Waals surface area contributed by atoms with Crippen molar-refractivity contribution in [3.8, 4) is 0 Å². The summed E-state index contributed by atoms with van der Waals surface area (Å²) in [5.74, 6) is 1.64. The van der Waals surface area contributed by atoms with Crippen molar-refractivity contribution in [2.45, 2.75) is 12.3 Å². The van der Waals surface area contributed by atoms with Crippen molar-refractivity contribution in [1.82, 2.24) is 15.8 Å². The molecular formula is C18H21ClF2N6O2. The SMILES string of the molecule is N/N=C\NOCCNC(=O)Cc1nc(NCC(F)(F)c2ccccc2)ccc1Cl. The van der Waals surface area contributed by atoms with E-state index in [0.29, 0.717) is 0 Å². The summed E-state index contributed by atoms with van der Waals surface area (Å²) in [7, 11) is 0. The first-order chi connectivity index (χ1) is 13.9. The number of halogens is 3. The van der Waals surface area contributed by atoms with Gasteiger partial charge in [0.15, 0.2) is 0 Å². The van der Waals surface area contributed by atoms with Gasteiger partial charge in [-0.05, 0) is 12.1 Å². The number of hydrogen-bond donors (Lipinski definition) is 4. The molecular weight excluding hydrogens is 406 g/mol. The molecule has 1 heterocycles. The number of pyridine rings is 1. The van der Waals surface area contributed by atoms with Crippen LogP contribution in [0.1, 0.15) is 11.3 Å². The van der Waals surface area contributed by atoms with Gasteiger partial charge in [0, 0.05) is 12.1 Å². The summed E-state index contributed by atoms with van der Waals surface area (Å²) < 4.78 is 28.5. The Bertz CT molecular complexity index is 823. The fourth-order valence-corrected chi connectivity index (χ4v) is 2.45. The van der Waals surface area contributed by atoms with Crippen molar-refractivity contribution in [1.29, 1.82) is 0 Å². The van der Waals surface area contributed by atoms with E-state index in [0.717, 1.165) is 6.34 Å². The molecule has 0 spiro atoms. The second kappa shape index (κ2) is 11.1. The van der Waals surface area contributed by atoms with E-state index < -0.39 is 12.5 Å². The van der Waals surface area contributed by atoms with Gasteiger partial charge in [-0.25, -0.2) is 4.98 Å². The number of nitrogens with zero attached hydrogens (tertiary/aromatic N) is 2. The summed E-state index contributed by atoms with van der Waals surface area (Å²) in [5, 5.41) is 8.63. The molecule has 2 rings (SSSR count). The first kappa shape index (κ1) is 22.3. The van der Waals surface area contributed by atoms with E-state index in [-0.39, 0.29) is 47.6 Å². The van der Waals surface area contributed by atoms with Crippen LogP contribution >= 0.6 is 11.6 Å². The number of rotatable bonds is 11. The maximum atomic E-state index is 14.3. The van der Waals surface area contributed by atoms with E-state index in [1.165, 1.54) is 24.3 Å². The van der Waals surface area contributed by atoms with Gasteiger partial charge in [0.1, 0.15) is 12.2 Å². The summed E-state index contributed by atoms with van der Waals surface area (Å²) in [4.78, 5) is 21.1. The molecule has 0 unspecified atom stereocenters. The van der Waals surface area contributed by atoms with Crippen molar-refractivity contribution in [3.63, 3.8) is 0 Å². The molecule has 29 heavy (non-hydrogen) atoms. The summed E-state index contributed by atoms with van der Waals surface area (Å²) >= 11 is 6.07. The molecule has 0 bridgehead atoms. The molecule has 1 aromatic heterocycles. The lowest BCUT2D eigenvalue weighted by molar-refractivity contribution is -0.120. The lowest BCUT2D eigenvalue weighted by Crippen LogP contribution is -2.30. The zero-order valence-corrected chi connectivity index (χ0v) is 16.1. The Kier molecular flexibility index (Phi) is 8.56. The van der Waals surface area contributed by atoms with Gasteiger partial charge in [-0.3, -0.25) is 15.1 Å². The molecule has 0 atom stereocenters. The molecule has 0 aliphatic carbocycles. The first-order valence-electron chi connectivity index (χ1n) is 8.61. The van der Waals surface area contributed by atoms with Crippen LogP contribution in [0.15, 0.2) is 47.6 Å². The second-order valence-electron chi connectivity index (χ2n) is 5.82. The Hall–Kier alpha value is -2.98. The maximum Gasteiger partial charge on any atom is 0.290 e. The van der Waals surface area contributed by atoms with E-state index in [2.05, 4.69) is 26.2 Å². The Morgan fingerprint density at radius 1 is 1.28 bits per heavy atom. The second-order valence-corrected chi connectivity index (χ2v) is 6.23. The number of alkyl halides is 2. The lowest BCUT2D eigenvalue weighted by Gasteiger charge is -2.18. The summed E-state index contributed by atoms with van der Waals surface area (Å²) in [6.07, 6.45) is 1.03. The fraction of sp³-hybridized carbons (Fsp3) is 0.278. The summed E-state index contributed by atoms with van der Waals surface area (Å²) in [5.41, 5.74) is 2.51. The number of benzene rings is 1. The Morgan fingerprint density at radius 3 is 2.76 bits per heavy atom. The Labute approximate surface area is 171 Å².